The van der Waals surface area contributed by atoms with Crippen LogP contribution in [0.5, 0.6) is 5.75 Å². The highest BCUT2D eigenvalue weighted by Crippen LogP contribution is 2.29. The zero-order chi connectivity index (χ0) is 11.7. The molecular weight excluding hydrogens is 204 g/mol. The van der Waals surface area contributed by atoms with Gasteiger partial charge in [-0.1, -0.05) is 6.07 Å². The highest BCUT2D eigenvalue weighted by atomic mass is 16.6. The summed E-state index contributed by atoms with van der Waals surface area (Å²) < 4.78 is 10.9. The SMILES string of the molecule is COC1C(O)CC1Oc1ccc(C)c(C)c1. The van der Waals surface area contributed by atoms with Crippen LogP contribution < -0.4 is 4.74 Å². The Kier molecular flexibility index (Phi) is 3.17. The molecule has 0 spiro atoms. The highest BCUT2D eigenvalue weighted by molar-refractivity contribution is 5.34. The number of methoxy groups -OCH3 is 1. The third-order valence-electron chi connectivity index (χ3n) is 3.26. The van der Waals surface area contributed by atoms with Crippen molar-refractivity contribution in [2.24, 2.45) is 0 Å². The first-order valence-corrected chi connectivity index (χ1v) is 5.56. The van der Waals surface area contributed by atoms with E-state index in [9.17, 15) is 5.11 Å². The van der Waals surface area contributed by atoms with Crippen molar-refractivity contribution in [2.45, 2.75) is 38.6 Å². The molecule has 2 rings (SSSR count). The van der Waals surface area contributed by atoms with Crippen LogP contribution in [0, 0.1) is 13.8 Å². The molecule has 3 nitrogen and oxygen atoms in total. The number of aliphatic hydroxyl groups excluding tert-OH is 1. The van der Waals surface area contributed by atoms with Gasteiger partial charge in [-0.15, -0.1) is 0 Å². The Morgan fingerprint density at radius 2 is 2.00 bits per heavy atom. The number of aliphatic hydroxyl groups is 1. The second kappa shape index (κ2) is 4.44. The van der Waals surface area contributed by atoms with E-state index in [0.29, 0.717) is 6.42 Å². The Labute approximate surface area is 96.0 Å². The Morgan fingerprint density at radius 3 is 2.56 bits per heavy atom. The molecule has 1 aromatic carbocycles. The van der Waals surface area contributed by atoms with E-state index in [4.69, 9.17) is 9.47 Å². The molecule has 1 fully saturated rings. The van der Waals surface area contributed by atoms with E-state index >= 15 is 0 Å². The molecule has 1 saturated carbocycles. The van der Waals surface area contributed by atoms with Gasteiger partial charge in [-0.05, 0) is 37.1 Å². The van der Waals surface area contributed by atoms with Crippen LogP contribution in [0.4, 0.5) is 0 Å². The van der Waals surface area contributed by atoms with Gasteiger partial charge >= 0.3 is 0 Å². The van der Waals surface area contributed by atoms with Crippen LogP contribution in [0.25, 0.3) is 0 Å². The Morgan fingerprint density at radius 1 is 1.25 bits per heavy atom. The highest BCUT2D eigenvalue weighted by Gasteiger charge is 2.42. The van der Waals surface area contributed by atoms with Gasteiger partial charge < -0.3 is 14.6 Å². The molecule has 3 atom stereocenters. The monoisotopic (exact) mass is 222 g/mol. The normalized spacial score (nSPS) is 28.6. The molecule has 16 heavy (non-hydrogen) atoms. The molecule has 0 radical (unpaired) electrons. The van der Waals surface area contributed by atoms with E-state index < -0.39 is 0 Å². The van der Waals surface area contributed by atoms with Gasteiger partial charge in [-0.25, -0.2) is 0 Å². The molecule has 1 aliphatic rings. The summed E-state index contributed by atoms with van der Waals surface area (Å²) in [6.07, 6.45) is 0.0380. The lowest BCUT2D eigenvalue weighted by atomic mass is 9.88. The summed E-state index contributed by atoms with van der Waals surface area (Å²) in [6.45, 7) is 4.13. The summed E-state index contributed by atoms with van der Waals surface area (Å²) in [6, 6.07) is 6.02. The number of benzene rings is 1. The van der Waals surface area contributed by atoms with Gasteiger partial charge in [0.25, 0.3) is 0 Å². The smallest absolute Gasteiger partial charge is 0.130 e. The lowest BCUT2D eigenvalue weighted by molar-refractivity contribution is -0.149. The van der Waals surface area contributed by atoms with Gasteiger partial charge in [0.15, 0.2) is 0 Å². The minimum absolute atomic E-state index is 0.0258. The summed E-state index contributed by atoms with van der Waals surface area (Å²) >= 11 is 0. The van der Waals surface area contributed by atoms with E-state index in [-0.39, 0.29) is 18.3 Å². The molecule has 0 heterocycles. The first-order chi connectivity index (χ1) is 7.61. The molecule has 0 aromatic heterocycles. The lowest BCUT2D eigenvalue weighted by Crippen LogP contribution is -2.54. The molecule has 3 heteroatoms. The molecule has 0 bridgehead atoms. The van der Waals surface area contributed by atoms with E-state index in [2.05, 4.69) is 13.8 Å². The van der Waals surface area contributed by atoms with Gasteiger partial charge in [0.05, 0.1) is 6.10 Å². The fourth-order valence-electron chi connectivity index (χ4n) is 1.94. The first-order valence-electron chi connectivity index (χ1n) is 5.56. The second-order valence-corrected chi connectivity index (χ2v) is 4.41. The summed E-state index contributed by atoms with van der Waals surface area (Å²) in [7, 11) is 1.60. The number of hydrogen-bond acceptors (Lipinski definition) is 3. The molecule has 1 aliphatic carbocycles. The van der Waals surface area contributed by atoms with Gasteiger partial charge in [0.2, 0.25) is 0 Å². The second-order valence-electron chi connectivity index (χ2n) is 4.41. The Bertz CT molecular complexity index is 375. The van der Waals surface area contributed by atoms with Crippen LogP contribution in [0.3, 0.4) is 0 Å². The fourth-order valence-corrected chi connectivity index (χ4v) is 1.94. The third-order valence-corrected chi connectivity index (χ3v) is 3.26. The van der Waals surface area contributed by atoms with Crippen molar-refractivity contribution in [2.75, 3.05) is 7.11 Å². The number of ether oxygens (including phenoxy) is 2. The van der Waals surface area contributed by atoms with Crippen LogP contribution in [0.2, 0.25) is 0 Å². The molecule has 88 valence electrons. The van der Waals surface area contributed by atoms with Crippen molar-refractivity contribution in [3.63, 3.8) is 0 Å². The van der Waals surface area contributed by atoms with Crippen LogP contribution >= 0.6 is 0 Å². The summed E-state index contributed by atoms with van der Waals surface area (Å²) in [5, 5.41) is 9.45. The van der Waals surface area contributed by atoms with Gasteiger partial charge in [-0.3, -0.25) is 0 Å². The molecule has 1 aromatic rings. The van der Waals surface area contributed by atoms with Crippen LogP contribution in [0.15, 0.2) is 18.2 Å². The first kappa shape index (κ1) is 11.4. The maximum absolute atomic E-state index is 9.45. The molecule has 0 amide bonds. The van der Waals surface area contributed by atoms with Crippen molar-refractivity contribution in [3.8, 4) is 5.75 Å². The molecule has 0 saturated heterocycles. The van der Waals surface area contributed by atoms with Gasteiger partial charge in [0, 0.05) is 13.5 Å². The average molecular weight is 222 g/mol. The maximum atomic E-state index is 9.45. The number of rotatable bonds is 3. The van der Waals surface area contributed by atoms with Crippen LogP contribution in [-0.2, 0) is 4.74 Å². The predicted molar refractivity (Wildman–Crippen MR) is 61.8 cm³/mol. The standard InChI is InChI=1S/C13H18O3/c1-8-4-5-10(6-9(8)2)16-12-7-11(14)13(12)15-3/h4-6,11-14H,7H2,1-3H3. The van der Waals surface area contributed by atoms with E-state index in [1.54, 1.807) is 7.11 Å². The molecule has 0 aliphatic heterocycles. The topological polar surface area (TPSA) is 38.7 Å². The van der Waals surface area contributed by atoms with Crippen molar-refractivity contribution in [1.82, 2.24) is 0 Å². The predicted octanol–water partition coefficient (Wildman–Crippen LogP) is 1.83. The van der Waals surface area contributed by atoms with E-state index in [1.807, 2.05) is 18.2 Å². The minimum Gasteiger partial charge on any atom is -0.488 e. The Hall–Kier alpha value is -1.06. The third kappa shape index (κ3) is 2.06. The van der Waals surface area contributed by atoms with Gasteiger partial charge in [-0.2, -0.15) is 0 Å². The zero-order valence-corrected chi connectivity index (χ0v) is 9.93. The van der Waals surface area contributed by atoms with Crippen molar-refractivity contribution in [1.29, 1.82) is 0 Å². The van der Waals surface area contributed by atoms with Crippen molar-refractivity contribution in [3.05, 3.63) is 29.3 Å². The van der Waals surface area contributed by atoms with Gasteiger partial charge in [0.1, 0.15) is 18.0 Å². The fraction of sp³-hybridized carbons (Fsp3) is 0.538. The molecular formula is C13H18O3. The minimum atomic E-state index is -0.387. The summed E-state index contributed by atoms with van der Waals surface area (Å²) in [5.74, 6) is 0.849. The van der Waals surface area contributed by atoms with Crippen molar-refractivity contribution >= 4 is 0 Å². The Balaban J connectivity index is 2.02. The number of hydrogen-bond donors (Lipinski definition) is 1. The van der Waals surface area contributed by atoms with E-state index in [1.165, 1.54) is 11.1 Å². The quantitative estimate of drug-likeness (QED) is 0.848. The lowest BCUT2D eigenvalue weighted by Gasteiger charge is -2.40. The molecule has 3 unspecified atom stereocenters. The van der Waals surface area contributed by atoms with Crippen LogP contribution in [0.1, 0.15) is 17.5 Å². The zero-order valence-electron chi connectivity index (χ0n) is 9.93. The number of aryl methyl sites for hydroxylation is 2. The maximum Gasteiger partial charge on any atom is 0.130 e. The van der Waals surface area contributed by atoms with Crippen molar-refractivity contribution < 1.29 is 14.6 Å². The average Bonchev–Trinajstić information content (AvgIpc) is 2.23. The van der Waals surface area contributed by atoms with E-state index in [0.717, 1.165) is 5.75 Å². The summed E-state index contributed by atoms with van der Waals surface area (Å²) in [4.78, 5) is 0. The summed E-state index contributed by atoms with van der Waals surface area (Å²) in [5.41, 5.74) is 2.47. The molecule has 1 N–H and O–H groups in total. The van der Waals surface area contributed by atoms with Crippen LogP contribution in [-0.4, -0.2) is 30.5 Å². The largest absolute Gasteiger partial charge is 0.488 e.